The molecular formula is C17H18N2O. The van der Waals surface area contributed by atoms with E-state index < -0.39 is 0 Å². The molecule has 1 amide bonds. The number of hydrogen-bond donors (Lipinski definition) is 0. The highest BCUT2D eigenvalue weighted by Crippen LogP contribution is 2.37. The Balaban J connectivity index is 1.73. The number of anilines is 1. The van der Waals surface area contributed by atoms with Gasteiger partial charge in [0, 0.05) is 10.9 Å². The van der Waals surface area contributed by atoms with Crippen molar-refractivity contribution in [3.63, 3.8) is 0 Å². The van der Waals surface area contributed by atoms with Crippen LogP contribution in [0.15, 0.2) is 36.4 Å². The summed E-state index contributed by atoms with van der Waals surface area (Å²) in [5.41, 5.74) is 1.93. The topological polar surface area (TPSA) is 23.6 Å². The van der Waals surface area contributed by atoms with Crippen molar-refractivity contribution in [3.8, 4) is 0 Å². The Hall–Kier alpha value is -1.87. The van der Waals surface area contributed by atoms with E-state index in [1.807, 2.05) is 23.1 Å². The molecule has 0 unspecified atom stereocenters. The summed E-state index contributed by atoms with van der Waals surface area (Å²) in [6.45, 7) is 2.94. The fraction of sp³-hybridized carbons (Fsp3) is 0.353. The molecule has 0 radical (unpaired) electrons. The largest absolute Gasteiger partial charge is 0.294 e. The lowest BCUT2D eigenvalue weighted by atomic mass is 10.1. The van der Waals surface area contributed by atoms with Crippen LogP contribution in [0, 0.1) is 0 Å². The number of amides is 1. The van der Waals surface area contributed by atoms with Crippen LogP contribution in [0.5, 0.6) is 0 Å². The van der Waals surface area contributed by atoms with Crippen LogP contribution in [0.4, 0.5) is 5.69 Å². The molecule has 0 aromatic heterocycles. The van der Waals surface area contributed by atoms with Gasteiger partial charge in [-0.05, 0) is 43.5 Å². The molecule has 3 nitrogen and oxygen atoms in total. The number of carbonyl (C=O) groups is 1. The Bertz CT molecular complexity index is 668. The van der Waals surface area contributed by atoms with Gasteiger partial charge in [0.05, 0.1) is 12.4 Å². The van der Waals surface area contributed by atoms with Crippen LogP contribution in [0.3, 0.4) is 0 Å². The molecule has 2 aliphatic rings. The van der Waals surface area contributed by atoms with Crippen molar-refractivity contribution < 1.29 is 4.79 Å². The molecule has 0 bridgehead atoms. The second-order valence-electron chi connectivity index (χ2n) is 5.73. The first-order valence-corrected chi connectivity index (χ1v) is 7.40. The Morgan fingerprint density at radius 2 is 1.70 bits per heavy atom. The van der Waals surface area contributed by atoms with E-state index in [2.05, 4.69) is 23.1 Å². The van der Waals surface area contributed by atoms with E-state index in [4.69, 9.17) is 0 Å². The summed E-state index contributed by atoms with van der Waals surface area (Å²) < 4.78 is 0. The minimum absolute atomic E-state index is 0.155. The maximum Gasteiger partial charge on any atom is 0.260 e. The first-order chi connectivity index (χ1) is 9.84. The molecular weight excluding hydrogens is 248 g/mol. The molecule has 0 spiro atoms. The Labute approximate surface area is 118 Å². The summed E-state index contributed by atoms with van der Waals surface area (Å²) in [4.78, 5) is 17.0. The molecule has 102 valence electrons. The molecule has 3 heteroatoms. The van der Waals surface area contributed by atoms with Gasteiger partial charge < -0.3 is 0 Å². The lowest BCUT2D eigenvalue weighted by Gasteiger charge is -2.31. The van der Waals surface area contributed by atoms with E-state index in [9.17, 15) is 4.79 Å². The highest BCUT2D eigenvalue weighted by Gasteiger charge is 2.30. The summed E-state index contributed by atoms with van der Waals surface area (Å²) in [7, 11) is 0. The summed E-state index contributed by atoms with van der Waals surface area (Å²) >= 11 is 0. The predicted molar refractivity (Wildman–Crippen MR) is 81.0 cm³/mol. The Kier molecular flexibility index (Phi) is 2.74. The van der Waals surface area contributed by atoms with Gasteiger partial charge in [0.2, 0.25) is 0 Å². The standard InChI is InChI=1S/C17H18N2O/c20-17-14-8-4-6-13-7-5-9-15(16(13)14)19(17)12-18-10-2-1-3-11-18/h4-9H,1-3,10-12H2. The zero-order valence-electron chi connectivity index (χ0n) is 11.5. The molecule has 0 saturated carbocycles. The van der Waals surface area contributed by atoms with E-state index in [1.54, 1.807) is 0 Å². The molecule has 2 aromatic rings. The maximum atomic E-state index is 12.7. The second kappa shape index (κ2) is 4.60. The van der Waals surface area contributed by atoms with E-state index in [1.165, 1.54) is 19.3 Å². The third-order valence-electron chi connectivity index (χ3n) is 4.44. The summed E-state index contributed by atoms with van der Waals surface area (Å²) in [6, 6.07) is 12.2. The smallest absolute Gasteiger partial charge is 0.260 e. The lowest BCUT2D eigenvalue weighted by Crippen LogP contribution is -2.42. The van der Waals surface area contributed by atoms with E-state index in [-0.39, 0.29) is 5.91 Å². The van der Waals surface area contributed by atoms with Gasteiger partial charge in [0.1, 0.15) is 0 Å². The van der Waals surface area contributed by atoms with Gasteiger partial charge in [0.15, 0.2) is 0 Å². The molecule has 2 aliphatic heterocycles. The quantitative estimate of drug-likeness (QED) is 0.833. The van der Waals surface area contributed by atoms with Gasteiger partial charge in [-0.15, -0.1) is 0 Å². The van der Waals surface area contributed by atoms with Crippen LogP contribution >= 0.6 is 0 Å². The minimum Gasteiger partial charge on any atom is -0.294 e. The summed E-state index contributed by atoms with van der Waals surface area (Å²) in [6.07, 6.45) is 3.82. The van der Waals surface area contributed by atoms with E-state index in [0.717, 1.165) is 41.8 Å². The molecule has 0 atom stereocenters. The molecule has 4 rings (SSSR count). The zero-order valence-corrected chi connectivity index (χ0v) is 11.5. The number of likely N-dealkylation sites (tertiary alicyclic amines) is 1. The molecule has 0 N–H and O–H groups in total. The maximum absolute atomic E-state index is 12.7. The third kappa shape index (κ3) is 1.74. The van der Waals surface area contributed by atoms with Crippen LogP contribution < -0.4 is 4.90 Å². The third-order valence-corrected chi connectivity index (χ3v) is 4.44. The van der Waals surface area contributed by atoms with Crippen molar-refractivity contribution in [3.05, 3.63) is 42.0 Å². The normalized spacial score (nSPS) is 19.0. The molecule has 1 saturated heterocycles. The van der Waals surface area contributed by atoms with Gasteiger partial charge in [-0.25, -0.2) is 0 Å². The minimum atomic E-state index is 0.155. The van der Waals surface area contributed by atoms with Crippen LogP contribution in [-0.4, -0.2) is 30.6 Å². The fourth-order valence-corrected chi connectivity index (χ4v) is 3.42. The van der Waals surface area contributed by atoms with Gasteiger partial charge in [0.25, 0.3) is 5.91 Å². The molecule has 2 aromatic carbocycles. The molecule has 2 heterocycles. The van der Waals surface area contributed by atoms with Gasteiger partial charge in [-0.1, -0.05) is 30.7 Å². The number of benzene rings is 2. The number of rotatable bonds is 2. The van der Waals surface area contributed by atoms with Crippen LogP contribution in [-0.2, 0) is 0 Å². The SMILES string of the molecule is O=C1c2cccc3cccc(c23)N1CN1CCCCC1. The first-order valence-electron chi connectivity index (χ1n) is 7.40. The van der Waals surface area contributed by atoms with Gasteiger partial charge in [-0.2, -0.15) is 0 Å². The fourth-order valence-electron chi connectivity index (χ4n) is 3.42. The van der Waals surface area contributed by atoms with Crippen LogP contribution in [0.1, 0.15) is 29.6 Å². The first kappa shape index (κ1) is 11.9. The predicted octanol–water partition coefficient (Wildman–Crippen LogP) is 3.24. The molecule has 1 fully saturated rings. The monoisotopic (exact) mass is 266 g/mol. The van der Waals surface area contributed by atoms with Crippen molar-refractivity contribution in [2.75, 3.05) is 24.7 Å². The summed E-state index contributed by atoms with van der Waals surface area (Å²) in [5.74, 6) is 0.155. The van der Waals surface area contributed by atoms with Crippen molar-refractivity contribution >= 4 is 22.4 Å². The van der Waals surface area contributed by atoms with Crippen molar-refractivity contribution in [2.24, 2.45) is 0 Å². The molecule has 20 heavy (non-hydrogen) atoms. The zero-order chi connectivity index (χ0) is 13.5. The Morgan fingerprint density at radius 3 is 2.50 bits per heavy atom. The van der Waals surface area contributed by atoms with Crippen LogP contribution in [0.2, 0.25) is 0 Å². The van der Waals surface area contributed by atoms with E-state index >= 15 is 0 Å². The van der Waals surface area contributed by atoms with Gasteiger partial charge in [-0.3, -0.25) is 14.6 Å². The highest BCUT2D eigenvalue weighted by atomic mass is 16.2. The average Bonchev–Trinajstić information content (AvgIpc) is 2.77. The van der Waals surface area contributed by atoms with Crippen molar-refractivity contribution in [1.29, 1.82) is 0 Å². The number of nitrogens with zero attached hydrogens (tertiary/aromatic N) is 2. The van der Waals surface area contributed by atoms with E-state index in [0.29, 0.717) is 0 Å². The Morgan fingerprint density at radius 1 is 0.950 bits per heavy atom. The van der Waals surface area contributed by atoms with Gasteiger partial charge >= 0.3 is 0 Å². The van der Waals surface area contributed by atoms with Crippen LogP contribution in [0.25, 0.3) is 10.8 Å². The van der Waals surface area contributed by atoms with Crippen molar-refractivity contribution in [1.82, 2.24) is 4.90 Å². The average molecular weight is 266 g/mol. The molecule has 0 aliphatic carbocycles. The lowest BCUT2D eigenvalue weighted by molar-refractivity contribution is 0.0969. The second-order valence-corrected chi connectivity index (χ2v) is 5.73. The number of piperidine rings is 1. The van der Waals surface area contributed by atoms with Crippen molar-refractivity contribution in [2.45, 2.75) is 19.3 Å². The highest BCUT2D eigenvalue weighted by molar-refractivity contribution is 6.24. The summed E-state index contributed by atoms with van der Waals surface area (Å²) in [5, 5.41) is 2.28. The number of hydrogen-bond acceptors (Lipinski definition) is 2. The number of carbonyl (C=O) groups excluding carboxylic acids is 1.